The van der Waals surface area contributed by atoms with E-state index in [0.29, 0.717) is 19.7 Å². The summed E-state index contributed by atoms with van der Waals surface area (Å²) < 4.78 is 5.15. The predicted octanol–water partition coefficient (Wildman–Crippen LogP) is 1.78. The van der Waals surface area contributed by atoms with Crippen LogP contribution in [0.4, 0.5) is 5.69 Å². The smallest absolute Gasteiger partial charge is 0.308 e. The molecule has 0 saturated carbocycles. The Hall–Kier alpha value is -2.57. The molecule has 7 nitrogen and oxygen atoms in total. The summed E-state index contributed by atoms with van der Waals surface area (Å²) in [5.74, 6) is -0.977. The van der Waals surface area contributed by atoms with E-state index in [0.717, 1.165) is 29.7 Å². The zero-order valence-electron chi connectivity index (χ0n) is 16.3. The minimum Gasteiger partial charge on any atom is -0.466 e. The molecule has 7 heteroatoms. The largest absolute Gasteiger partial charge is 0.466 e. The van der Waals surface area contributed by atoms with Gasteiger partial charge >= 0.3 is 5.97 Å². The van der Waals surface area contributed by atoms with Gasteiger partial charge in [-0.1, -0.05) is 31.0 Å². The van der Waals surface area contributed by atoms with Crippen LogP contribution in [0.1, 0.15) is 37.3 Å². The van der Waals surface area contributed by atoms with Crippen LogP contribution in [0.15, 0.2) is 18.2 Å². The highest BCUT2D eigenvalue weighted by molar-refractivity contribution is 5.93. The second kappa shape index (κ2) is 9.94. The van der Waals surface area contributed by atoms with Crippen LogP contribution in [0.2, 0.25) is 0 Å². The Bertz CT molecular complexity index is 690. The van der Waals surface area contributed by atoms with Gasteiger partial charge in [0.05, 0.1) is 19.6 Å². The van der Waals surface area contributed by atoms with Gasteiger partial charge in [-0.2, -0.15) is 0 Å². The zero-order valence-corrected chi connectivity index (χ0v) is 16.3. The third-order valence-corrected chi connectivity index (χ3v) is 4.58. The number of nitrogens with one attached hydrogen (secondary N) is 2. The lowest BCUT2D eigenvalue weighted by Crippen LogP contribution is -2.58. The van der Waals surface area contributed by atoms with E-state index in [1.54, 1.807) is 0 Å². The first-order chi connectivity index (χ1) is 12.9. The molecule has 1 aliphatic rings. The zero-order chi connectivity index (χ0) is 19.8. The van der Waals surface area contributed by atoms with E-state index in [2.05, 4.69) is 10.6 Å². The standard InChI is InChI=1S/C20H29N3O4/c1-4-5-10-27-19(25)12-17-20(26)21-8-9-23(17)18(24)13-22-16-7-6-14(2)11-15(16)3/h6-7,11,17,22H,4-5,8-10,12-13H2,1-3H3,(H,21,26). The van der Waals surface area contributed by atoms with Crippen molar-refractivity contribution in [3.8, 4) is 0 Å². The van der Waals surface area contributed by atoms with Crippen molar-refractivity contribution in [2.24, 2.45) is 0 Å². The number of amides is 2. The third kappa shape index (κ3) is 5.98. The number of benzene rings is 1. The van der Waals surface area contributed by atoms with Crippen molar-refractivity contribution in [3.05, 3.63) is 29.3 Å². The maximum atomic E-state index is 12.7. The third-order valence-electron chi connectivity index (χ3n) is 4.58. The van der Waals surface area contributed by atoms with Gasteiger partial charge in [0.1, 0.15) is 6.04 Å². The number of aryl methyl sites for hydroxylation is 2. The average Bonchev–Trinajstić information content (AvgIpc) is 2.62. The molecule has 0 spiro atoms. The van der Waals surface area contributed by atoms with Gasteiger partial charge in [0.25, 0.3) is 0 Å². The maximum Gasteiger partial charge on any atom is 0.308 e. The topological polar surface area (TPSA) is 87.7 Å². The molecule has 0 radical (unpaired) electrons. The first-order valence-electron chi connectivity index (χ1n) is 9.46. The molecule has 1 saturated heterocycles. The van der Waals surface area contributed by atoms with Gasteiger partial charge in [-0.15, -0.1) is 0 Å². The molecule has 2 rings (SSSR count). The summed E-state index contributed by atoms with van der Waals surface area (Å²) in [6.07, 6.45) is 1.59. The fourth-order valence-corrected chi connectivity index (χ4v) is 3.05. The molecule has 2 amide bonds. The fraction of sp³-hybridized carbons (Fsp3) is 0.550. The highest BCUT2D eigenvalue weighted by Crippen LogP contribution is 2.16. The minimum absolute atomic E-state index is 0.0680. The van der Waals surface area contributed by atoms with Crippen molar-refractivity contribution in [1.82, 2.24) is 10.2 Å². The second-order valence-electron chi connectivity index (χ2n) is 6.84. The first-order valence-corrected chi connectivity index (χ1v) is 9.46. The number of nitrogens with zero attached hydrogens (tertiary/aromatic N) is 1. The molecule has 0 bridgehead atoms. The van der Waals surface area contributed by atoms with Crippen LogP contribution in [-0.4, -0.2) is 55.0 Å². The summed E-state index contributed by atoms with van der Waals surface area (Å²) in [4.78, 5) is 38.4. The van der Waals surface area contributed by atoms with Gasteiger partial charge in [-0.25, -0.2) is 0 Å². The number of rotatable bonds is 8. The fourth-order valence-electron chi connectivity index (χ4n) is 3.05. The molecule has 1 atom stereocenters. The lowest BCUT2D eigenvalue weighted by Gasteiger charge is -2.34. The Kier molecular flexibility index (Phi) is 7.64. The molecule has 1 unspecified atom stereocenters. The number of ether oxygens (including phenoxy) is 1. The van der Waals surface area contributed by atoms with Crippen molar-refractivity contribution in [3.63, 3.8) is 0 Å². The second-order valence-corrected chi connectivity index (χ2v) is 6.84. The number of unbranched alkanes of at least 4 members (excludes halogenated alkanes) is 1. The van der Waals surface area contributed by atoms with E-state index >= 15 is 0 Å². The number of carbonyl (C=O) groups excluding carboxylic acids is 3. The molecule has 0 aliphatic carbocycles. The monoisotopic (exact) mass is 375 g/mol. The summed E-state index contributed by atoms with van der Waals surface area (Å²) in [5, 5.41) is 5.85. The number of hydrogen-bond acceptors (Lipinski definition) is 5. The molecule has 148 valence electrons. The van der Waals surface area contributed by atoms with E-state index in [1.165, 1.54) is 4.90 Å². The normalized spacial score (nSPS) is 16.6. The Labute approximate surface area is 160 Å². The lowest BCUT2D eigenvalue weighted by molar-refractivity contribution is -0.151. The Balaban J connectivity index is 1.96. The molecule has 1 heterocycles. The quantitative estimate of drug-likeness (QED) is 0.534. The summed E-state index contributed by atoms with van der Waals surface area (Å²) in [6, 6.07) is 5.13. The van der Waals surface area contributed by atoms with Crippen molar-refractivity contribution >= 4 is 23.5 Å². The van der Waals surface area contributed by atoms with Crippen molar-refractivity contribution in [2.75, 3.05) is 31.6 Å². The van der Waals surface area contributed by atoms with Crippen LogP contribution >= 0.6 is 0 Å². The summed E-state index contributed by atoms with van der Waals surface area (Å²) in [6.45, 7) is 7.17. The van der Waals surface area contributed by atoms with Gasteiger partial charge < -0.3 is 20.3 Å². The van der Waals surface area contributed by atoms with Crippen molar-refractivity contribution in [2.45, 2.75) is 46.1 Å². The number of esters is 1. The Morgan fingerprint density at radius 3 is 2.81 bits per heavy atom. The molecular formula is C20H29N3O4. The van der Waals surface area contributed by atoms with Gasteiger partial charge in [-0.05, 0) is 31.9 Å². The van der Waals surface area contributed by atoms with Crippen LogP contribution in [0, 0.1) is 13.8 Å². The number of hydrogen-bond donors (Lipinski definition) is 2. The molecule has 1 aromatic rings. The van der Waals surface area contributed by atoms with Crippen LogP contribution in [0.25, 0.3) is 0 Å². The number of anilines is 1. The van der Waals surface area contributed by atoms with Crippen LogP contribution in [0.3, 0.4) is 0 Å². The van der Waals surface area contributed by atoms with Gasteiger partial charge in [0, 0.05) is 18.8 Å². The predicted molar refractivity (Wildman–Crippen MR) is 103 cm³/mol. The highest BCUT2D eigenvalue weighted by atomic mass is 16.5. The van der Waals surface area contributed by atoms with Crippen molar-refractivity contribution < 1.29 is 19.1 Å². The van der Waals surface area contributed by atoms with Crippen LogP contribution < -0.4 is 10.6 Å². The minimum atomic E-state index is -0.818. The van der Waals surface area contributed by atoms with E-state index in [4.69, 9.17) is 4.74 Å². The van der Waals surface area contributed by atoms with Crippen molar-refractivity contribution in [1.29, 1.82) is 0 Å². The lowest BCUT2D eigenvalue weighted by atomic mass is 10.1. The van der Waals surface area contributed by atoms with E-state index in [9.17, 15) is 14.4 Å². The van der Waals surface area contributed by atoms with Gasteiger partial charge in [0.2, 0.25) is 11.8 Å². The van der Waals surface area contributed by atoms with E-state index < -0.39 is 12.0 Å². The van der Waals surface area contributed by atoms with E-state index in [1.807, 2.05) is 39.0 Å². The van der Waals surface area contributed by atoms with Crippen LogP contribution in [0.5, 0.6) is 0 Å². The molecule has 1 fully saturated rings. The molecule has 1 aromatic carbocycles. The molecular weight excluding hydrogens is 346 g/mol. The van der Waals surface area contributed by atoms with E-state index in [-0.39, 0.29) is 24.8 Å². The Morgan fingerprint density at radius 2 is 2.11 bits per heavy atom. The summed E-state index contributed by atoms with van der Waals surface area (Å²) in [7, 11) is 0. The van der Waals surface area contributed by atoms with Gasteiger partial charge in [-0.3, -0.25) is 14.4 Å². The molecule has 2 N–H and O–H groups in total. The van der Waals surface area contributed by atoms with Crippen LogP contribution in [-0.2, 0) is 19.1 Å². The first kappa shape index (κ1) is 20.7. The summed E-state index contributed by atoms with van der Waals surface area (Å²) in [5.41, 5.74) is 3.08. The average molecular weight is 375 g/mol. The molecule has 1 aliphatic heterocycles. The maximum absolute atomic E-state index is 12.7. The SMILES string of the molecule is CCCCOC(=O)CC1C(=O)NCCN1C(=O)CNc1ccc(C)cc1C. The van der Waals surface area contributed by atoms with Gasteiger partial charge in [0.15, 0.2) is 0 Å². The molecule has 27 heavy (non-hydrogen) atoms. The highest BCUT2D eigenvalue weighted by Gasteiger charge is 2.34. The summed E-state index contributed by atoms with van der Waals surface area (Å²) >= 11 is 0. The Morgan fingerprint density at radius 1 is 1.33 bits per heavy atom. The number of carbonyl (C=O) groups is 3. The molecule has 0 aromatic heterocycles. The number of piperazine rings is 1.